The number of phenols is 1. The Hall–Kier alpha value is -2.77. The molecule has 2 N–H and O–H groups in total. The third kappa shape index (κ3) is 7.89. The normalized spacial score (nSPS) is 16.0. The zero-order valence-electron chi connectivity index (χ0n) is 25.2. The number of hydrogen-bond donors (Lipinski definition) is 2. The Morgan fingerprint density at radius 2 is 1.70 bits per heavy atom. The van der Waals surface area contributed by atoms with Gasteiger partial charge in [-0.1, -0.05) is 43.3 Å². The molecule has 1 atom stereocenters. The summed E-state index contributed by atoms with van der Waals surface area (Å²) in [5, 5.41) is 10.9. The summed E-state index contributed by atoms with van der Waals surface area (Å²) in [5.74, 6) is -2.61. The lowest BCUT2D eigenvalue weighted by Gasteiger charge is -2.39. The number of aromatic hydroxyl groups is 1. The molecule has 1 aliphatic rings. The quantitative estimate of drug-likeness (QED) is 0.185. The molecule has 0 amide bonds. The van der Waals surface area contributed by atoms with Crippen LogP contribution in [0.1, 0.15) is 31.4 Å². The maximum Gasteiger partial charge on any atom is 0.240 e. The number of halogens is 4. The van der Waals surface area contributed by atoms with Gasteiger partial charge in [-0.2, -0.15) is 0 Å². The maximum atomic E-state index is 15.2. The van der Waals surface area contributed by atoms with Crippen LogP contribution in [0.15, 0.2) is 64.5 Å². The summed E-state index contributed by atoms with van der Waals surface area (Å²) in [6.45, 7) is 5.15. The topological polar surface area (TPSA) is 82.0 Å². The number of benzene rings is 3. The highest BCUT2D eigenvalue weighted by atomic mass is 35.5. The summed E-state index contributed by atoms with van der Waals surface area (Å²) in [6.07, 6.45) is 0.562. The molecule has 4 rings (SSSR count). The van der Waals surface area contributed by atoms with Crippen LogP contribution >= 0.6 is 23.4 Å². The van der Waals surface area contributed by atoms with Crippen LogP contribution in [0.5, 0.6) is 5.75 Å². The van der Waals surface area contributed by atoms with E-state index in [-0.39, 0.29) is 34.7 Å². The summed E-state index contributed by atoms with van der Waals surface area (Å²) in [6, 6.07) is 12.2. The molecule has 44 heavy (non-hydrogen) atoms. The maximum absolute atomic E-state index is 15.2. The number of phenolic OH excluding ortho intramolecular Hbond substituents is 1. The third-order valence-electron chi connectivity index (χ3n) is 7.61. The molecule has 1 aliphatic heterocycles. The van der Waals surface area contributed by atoms with E-state index in [0.717, 1.165) is 36.0 Å². The fourth-order valence-corrected chi connectivity index (χ4v) is 7.27. The first-order chi connectivity index (χ1) is 20.5. The molecular weight excluding hydrogens is 633 g/mol. The lowest BCUT2D eigenvalue weighted by molar-refractivity contribution is -0.870. The summed E-state index contributed by atoms with van der Waals surface area (Å²) < 4.78 is 72.8. The van der Waals surface area contributed by atoms with Crippen molar-refractivity contribution in [1.29, 1.82) is 0 Å². The van der Waals surface area contributed by atoms with Gasteiger partial charge >= 0.3 is 0 Å². The van der Waals surface area contributed by atoms with Crippen LogP contribution in [0.4, 0.5) is 18.9 Å². The van der Waals surface area contributed by atoms with Crippen molar-refractivity contribution in [3.05, 3.63) is 88.2 Å². The second-order valence-electron chi connectivity index (χ2n) is 12.3. The molecule has 0 spiro atoms. The monoisotopic (exact) mass is 669 g/mol. The van der Waals surface area contributed by atoms with Gasteiger partial charge in [0.2, 0.25) is 10.0 Å². The molecule has 7 nitrogen and oxygen atoms in total. The van der Waals surface area contributed by atoms with Crippen molar-refractivity contribution in [1.82, 2.24) is 4.72 Å². The second-order valence-corrected chi connectivity index (χ2v) is 15.4. The zero-order chi connectivity index (χ0) is 32.4. The molecule has 0 saturated carbocycles. The van der Waals surface area contributed by atoms with E-state index in [4.69, 9.17) is 16.6 Å². The van der Waals surface area contributed by atoms with Gasteiger partial charge in [0.05, 0.1) is 50.2 Å². The Morgan fingerprint density at radius 1 is 1.07 bits per heavy atom. The summed E-state index contributed by atoms with van der Waals surface area (Å²) in [7, 11) is 1.85. The fraction of sp³-hybridized carbons (Fsp3) is 0.387. The molecule has 1 unspecified atom stereocenters. The Bertz CT molecular complexity index is 1620. The van der Waals surface area contributed by atoms with Crippen molar-refractivity contribution in [3.8, 4) is 5.75 Å². The highest BCUT2D eigenvalue weighted by Gasteiger charge is 2.41. The average Bonchev–Trinajstić information content (AvgIpc) is 3.37. The van der Waals surface area contributed by atoms with Gasteiger partial charge in [0.1, 0.15) is 23.2 Å². The second kappa shape index (κ2) is 13.3. The van der Waals surface area contributed by atoms with Crippen LogP contribution < -0.4 is 9.62 Å². The molecule has 0 radical (unpaired) electrons. The highest BCUT2D eigenvalue weighted by molar-refractivity contribution is 8.13. The molecule has 3 aromatic rings. The van der Waals surface area contributed by atoms with E-state index in [1.807, 2.05) is 46.0 Å². The van der Waals surface area contributed by atoms with Crippen LogP contribution in [0.2, 0.25) is 5.02 Å². The lowest BCUT2D eigenvalue weighted by atomic mass is 9.77. The van der Waals surface area contributed by atoms with Gasteiger partial charge in [-0.05, 0) is 54.1 Å². The smallest absolute Gasteiger partial charge is 0.240 e. The minimum atomic E-state index is -4.11. The van der Waals surface area contributed by atoms with Gasteiger partial charge < -0.3 is 14.5 Å². The number of rotatable bonds is 11. The highest BCUT2D eigenvalue weighted by Crippen LogP contribution is 2.40. The van der Waals surface area contributed by atoms with Gasteiger partial charge in [0.25, 0.3) is 0 Å². The third-order valence-corrected chi connectivity index (χ3v) is 10.4. The van der Waals surface area contributed by atoms with Crippen molar-refractivity contribution in [2.75, 3.05) is 45.7 Å². The van der Waals surface area contributed by atoms with Crippen LogP contribution in [-0.4, -0.2) is 70.0 Å². The number of hydrogen-bond acceptors (Lipinski definition) is 6. The summed E-state index contributed by atoms with van der Waals surface area (Å²) in [4.78, 5) is 6.10. The van der Waals surface area contributed by atoms with Gasteiger partial charge in [-0.15, -0.1) is 0 Å². The standard InChI is InChI=1S/C31H36ClF3N4O3S2/c1-31(2,20-7-12-25(32)28(40)15-20)29-18-36-30(38(29)22-10-8-21(33)9-11-22)43-19-24-26(34)16-23(17-27(24)35)44(41,42)37-13-6-14-39(3,4)5/h7-12,15-17,29,37H,6,13-14,18-19H2,1-5H3/p+1. The molecular formula is C31H37ClF3N4O3S2+. The number of thioether (sulfide) groups is 1. The molecule has 238 valence electrons. The molecule has 3 aromatic carbocycles. The summed E-state index contributed by atoms with van der Waals surface area (Å²) >= 11 is 7.13. The zero-order valence-corrected chi connectivity index (χ0v) is 27.6. The minimum Gasteiger partial charge on any atom is -0.506 e. The van der Waals surface area contributed by atoms with Gasteiger partial charge in [0, 0.05) is 35.4 Å². The van der Waals surface area contributed by atoms with Crippen molar-refractivity contribution in [2.45, 2.75) is 42.4 Å². The number of sulfonamides is 1. The number of quaternary nitrogens is 1. The Kier molecular flexibility index (Phi) is 10.3. The Morgan fingerprint density at radius 3 is 2.30 bits per heavy atom. The Labute approximate surface area is 266 Å². The molecule has 13 heteroatoms. The van der Waals surface area contributed by atoms with Crippen molar-refractivity contribution in [3.63, 3.8) is 0 Å². The van der Waals surface area contributed by atoms with E-state index < -0.39 is 37.8 Å². The molecule has 0 bridgehead atoms. The van der Waals surface area contributed by atoms with Crippen molar-refractivity contribution in [2.24, 2.45) is 4.99 Å². The van der Waals surface area contributed by atoms with Crippen LogP contribution in [0.3, 0.4) is 0 Å². The fourth-order valence-electron chi connectivity index (χ4n) is 4.97. The first kappa shape index (κ1) is 34.1. The van der Waals surface area contributed by atoms with Crippen LogP contribution in [0.25, 0.3) is 0 Å². The lowest BCUT2D eigenvalue weighted by Crippen LogP contribution is -2.48. The minimum absolute atomic E-state index is 0.0603. The van der Waals surface area contributed by atoms with Gasteiger partial charge in [-0.25, -0.2) is 26.3 Å². The molecule has 0 aromatic heterocycles. The van der Waals surface area contributed by atoms with E-state index in [9.17, 15) is 17.9 Å². The van der Waals surface area contributed by atoms with Gasteiger partial charge in [-0.3, -0.25) is 4.99 Å². The molecule has 0 fully saturated rings. The SMILES string of the molecule is CC(C)(c1ccc(Cl)c(O)c1)C1CN=C(SCc2c(F)cc(S(=O)(=O)NCCC[N+](C)(C)C)cc2F)N1c1ccc(F)cc1. The number of amidine groups is 1. The predicted molar refractivity (Wildman–Crippen MR) is 171 cm³/mol. The average molecular weight is 670 g/mol. The number of nitrogens with zero attached hydrogens (tertiary/aromatic N) is 3. The van der Waals surface area contributed by atoms with Gasteiger partial charge in [0.15, 0.2) is 5.17 Å². The first-order valence-corrected chi connectivity index (χ1v) is 16.8. The number of nitrogens with one attached hydrogen (secondary N) is 1. The molecule has 1 heterocycles. The van der Waals surface area contributed by atoms with Crippen molar-refractivity contribution >= 4 is 44.2 Å². The summed E-state index contributed by atoms with van der Waals surface area (Å²) in [5.41, 5.74) is 0.530. The van der Waals surface area contributed by atoms with Crippen molar-refractivity contribution < 1.29 is 31.2 Å². The Balaban J connectivity index is 1.55. The molecule has 0 saturated heterocycles. The van der Waals surface area contributed by atoms with E-state index >= 15 is 8.78 Å². The predicted octanol–water partition coefficient (Wildman–Crippen LogP) is 6.29. The number of aliphatic imine (C=N–C) groups is 1. The van der Waals surface area contributed by atoms with Crippen LogP contribution in [0, 0.1) is 17.5 Å². The van der Waals surface area contributed by atoms with Crippen LogP contribution in [-0.2, 0) is 21.2 Å². The first-order valence-electron chi connectivity index (χ1n) is 14.0. The molecule has 0 aliphatic carbocycles. The van der Waals surface area contributed by atoms with E-state index in [2.05, 4.69) is 4.72 Å². The van der Waals surface area contributed by atoms with E-state index in [1.54, 1.807) is 24.3 Å². The largest absolute Gasteiger partial charge is 0.506 e. The van der Waals surface area contributed by atoms with E-state index in [1.165, 1.54) is 12.1 Å². The number of anilines is 1. The van der Waals surface area contributed by atoms with E-state index in [0.29, 0.717) is 28.3 Å².